The molecule has 2 aromatic rings. The number of nitrogens with zero attached hydrogens (tertiary/aromatic N) is 1. The summed E-state index contributed by atoms with van der Waals surface area (Å²) in [7, 11) is 0. The van der Waals surface area contributed by atoms with Gasteiger partial charge >= 0.3 is 0 Å². The van der Waals surface area contributed by atoms with Crippen molar-refractivity contribution >= 4 is 40.4 Å². The minimum absolute atomic E-state index is 0.00491. The van der Waals surface area contributed by atoms with Crippen LogP contribution < -0.4 is 0 Å². The van der Waals surface area contributed by atoms with E-state index in [9.17, 15) is 4.79 Å². The highest BCUT2D eigenvalue weighted by molar-refractivity contribution is 7.10. The minimum atomic E-state index is 0.00491. The Morgan fingerprint density at radius 1 is 1.25 bits per heavy atom. The van der Waals surface area contributed by atoms with E-state index in [4.69, 9.17) is 23.2 Å². The number of carbonyl (C=O) groups excluding carboxylic acids is 1. The van der Waals surface area contributed by atoms with Crippen molar-refractivity contribution in [1.29, 1.82) is 0 Å². The van der Waals surface area contributed by atoms with Crippen molar-refractivity contribution in [3.05, 3.63) is 56.2 Å². The van der Waals surface area contributed by atoms with Crippen LogP contribution >= 0.6 is 34.5 Å². The van der Waals surface area contributed by atoms with Crippen molar-refractivity contribution in [3.8, 4) is 0 Å². The molecule has 3 rings (SSSR count). The highest BCUT2D eigenvalue weighted by atomic mass is 35.5. The van der Waals surface area contributed by atoms with Gasteiger partial charge in [-0.1, -0.05) is 29.3 Å². The minimum Gasteiger partial charge on any atom is -0.331 e. The fourth-order valence-electron chi connectivity index (χ4n) is 2.63. The lowest BCUT2D eigenvalue weighted by atomic mass is 10.1. The monoisotopic (exact) mass is 325 g/mol. The Morgan fingerprint density at radius 3 is 2.65 bits per heavy atom. The second-order valence-corrected chi connectivity index (χ2v) is 6.68. The zero-order valence-corrected chi connectivity index (χ0v) is 13.0. The predicted molar refractivity (Wildman–Crippen MR) is 83.8 cm³/mol. The van der Waals surface area contributed by atoms with Gasteiger partial charge in [0, 0.05) is 27.0 Å². The first-order valence-electron chi connectivity index (χ1n) is 6.45. The van der Waals surface area contributed by atoms with Crippen LogP contribution in [0.15, 0.2) is 35.7 Å². The Balaban J connectivity index is 1.89. The van der Waals surface area contributed by atoms with Crippen molar-refractivity contribution in [3.63, 3.8) is 0 Å². The Hall–Kier alpha value is -1.03. The largest absolute Gasteiger partial charge is 0.331 e. The molecule has 1 fully saturated rings. The van der Waals surface area contributed by atoms with Gasteiger partial charge in [-0.25, -0.2) is 0 Å². The van der Waals surface area contributed by atoms with E-state index in [0.29, 0.717) is 15.6 Å². The van der Waals surface area contributed by atoms with Crippen LogP contribution in [0.3, 0.4) is 0 Å². The second-order valence-electron chi connectivity index (χ2n) is 4.83. The second kappa shape index (κ2) is 5.76. The molecule has 0 bridgehead atoms. The molecule has 0 saturated carbocycles. The molecular weight excluding hydrogens is 313 g/mol. The van der Waals surface area contributed by atoms with E-state index in [1.807, 2.05) is 16.3 Å². The molecule has 0 radical (unpaired) electrons. The first-order valence-corrected chi connectivity index (χ1v) is 8.09. The highest BCUT2D eigenvalue weighted by Crippen LogP contribution is 2.35. The molecule has 1 atom stereocenters. The number of carbonyl (C=O) groups is 1. The molecule has 0 aliphatic carbocycles. The molecule has 1 aromatic heterocycles. The van der Waals surface area contributed by atoms with E-state index < -0.39 is 0 Å². The highest BCUT2D eigenvalue weighted by Gasteiger charge is 2.31. The molecular formula is C15H13Cl2NOS. The van der Waals surface area contributed by atoms with Crippen molar-refractivity contribution in [2.45, 2.75) is 18.9 Å². The lowest BCUT2D eigenvalue weighted by Gasteiger charge is -2.24. The molecule has 104 valence electrons. The molecule has 1 aliphatic rings. The number of benzene rings is 1. The van der Waals surface area contributed by atoms with Crippen LogP contribution in [-0.4, -0.2) is 17.4 Å². The number of hydrogen-bond acceptors (Lipinski definition) is 2. The third kappa shape index (κ3) is 2.71. The zero-order chi connectivity index (χ0) is 14.1. The SMILES string of the molecule is O=C(c1cc(Cl)cc(Cl)c1)N1CCCC1c1cccs1. The number of halogens is 2. The summed E-state index contributed by atoms with van der Waals surface area (Å²) < 4.78 is 0. The molecule has 1 saturated heterocycles. The topological polar surface area (TPSA) is 20.3 Å². The first-order chi connectivity index (χ1) is 9.65. The van der Waals surface area contributed by atoms with Gasteiger partial charge in [0.1, 0.15) is 0 Å². The quantitative estimate of drug-likeness (QED) is 0.758. The maximum Gasteiger partial charge on any atom is 0.254 e. The third-order valence-electron chi connectivity index (χ3n) is 3.49. The van der Waals surface area contributed by atoms with E-state index in [-0.39, 0.29) is 11.9 Å². The molecule has 0 N–H and O–H groups in total. The van der Waals surface area contributed by atoms with Gasteiger partial charge in [-0.2, -0.15) is 0 Å². The summed E-state index contributed by atoms with van der Waals surface area (Å²) in [5.41, 5.74) is 0.561. The van der Waals surface area contributed by atoms with Crippen molar-refractivity contribution in [1.82, 2.24) is 4.90 Å². The maximum atomic E-state index is 12.7. The van der Waals surface area contributed by atoms with E-state index in [2.05, 4.69) is 6.07 Å². The zero-order valence-electron chi connectivity index (χ0n) is 10.7. The Labute approximate surface area is 131 Å². The average Bonchev–Trinajstić information content (AvgIpc) is 3.07. The van der Waals surface area contributed by atoms with Crippen LogP contribution in [0, 0.1) is 0 Å². The molecule has 1 aromatic carbocycles. The van der Waals surface area contributed by atoms with Gasteiger partial charge < -0.3 is 4.90 Å². The number of thiophene rings is 1. The Bertz CT molecular complexity index is 607. The number of amides is 1. The van der Waals surface area contributed by atoms with Crippen molar-refractivity contribution < 1.29 is 4.79 Å². The van der Waals surface area contributed by atoms with Crippen molar-refractivity contribution in [2.24, 2.45) is 0 Å². The standard InChI is InChI=1S/C15H13Cl2NOS/c16-11-7-10(8-12(17)9-11)15(19)18-5-1-3-13(18)14-4-2-6-20-14/h2,4,6-9,13H,1,3,5H2. The van der Waals surface area contributed by atoms with Gasteiger partial charge in [0.25, 0.3) is 5.91 Å². The molecule has 0 spiro atoms. The van der Waals surface area contributed by atoms with Crippen molar-refractivity contribution in [2.75, 3.05) is 6.54 Å². The third-order valence-corrected chi connectivity index (χ3v) is 4.90. The summed E-state index contributed by atoms with van der Waals surface area (Å²) in [6, 6.07) is 9.29. The normalized spacial score (nSPS) is 18.5. The van der Waals surface area contributed by atoms with Gasteiger partial charge in [0.05, 0.1) is 6.04 Å². The molecule has 5 heteroatoms. The fourth-order valence-corrected chi connectivity index (χ4v) is 4.03. The molecule has 20 heavy (non-hydrogen) atoms. The maximum absolute atomic E-state index is 12.7. The average molecular weight is 326 g/mol. The summed E-state index contributed by atoms with van der Waals surface area (Å²) in [6.07, 6.45) is 2.04. The van der Waals surface area contributed by atoms with Gasteiger partial charge in [0.15, 0.2) is 0 Å². The fraction of sp³-hybridized carbons (Fsp3) is 0.267. The van der Waals surface area contributed by atoms with Crippen LogP contribution in [0.4, 0.5) is 0 Å². The number of rotatable bonds is 2. The molecule has 1 amide bonds. The summed E-state index contributed by atoms with van der Waals surface area (Å²) in [6.45, 7) is 0.783. The van der Waals surface area contributed by atoms with Crippen LogP contribution in [0.2, 0.25) is 10.0 Å². The summed E-state index contributed by atoms with van der Waals surface area (Å²) in [5, 5.41) is 3.03. The number of hydrogen-bond donors (Lipinski definition) is 0. The van der Waals surface area contributed by atoms with Gasteiger partial charge in [-0.05, 0) is 42.5 Å². The summed E-state index contributed by atoms with van der Waals surface area (Å²) in [5.74, 6) is 0.00491. The Morgan fingerprint density at radius 2 is 2.00 bits per heavy atom. The van der Waals surface area contributed by atoms with Gasteiger partial charge in [0.2, 0.25) is 0 Å². The molecule has 1 unspecified atom stereocenters. The molecule has 1 aliphatic heterocycles. The van der Waals surface area contributed by atoms with Gasteiger partial charge in [-0.3, -0.25) is 4.79 Å². The Kier molecular flexibility index (Phi) is 4.01. The van der Waals surface area contributed by atoms with Crippen LogP contribution in [0.25, 0.3) is 0 Å². The van der Waals surface area contributed by atoms with Gasteiger partial charge in [-0.15, -0.1) is 11.3 Å². The molecule has 2 heterocycles. The predicted octanol–water partition coefficient (Wildman–Crippen LogP) is 5.03. The summed E-state index contributed by atoms with van der Waals surface area (Å²) >= 11 is 13.7. The van der Waals surface area contributed by atoms with E-state index in [1.165, 1.54) is 4.88 Å². The van der Waals surface area contributed by atoms with Crippen LogP contribution in [0.1, 0.15) is 34.1 Å². The van der Waals surface area contributed by atoms with E-state index >= 15 is 0 Å². The lowest BCUT2D eigenvalue weighted by Crippen LogP contribution is -2.30. The lowest BCUT2D eigenvalue weighted by molar-refractivity contribution is 0.0738. The number of likely N-dealkylation sites (tertiary alicyclic amines) is 1. The molecule has 2 nitrogen and oxygen atoms in total. The van der Waals surface area contributed by atoms with Crippen LogP contribution in [-0.2, 0) is 0 Å². The smallest absolute Gasteiger partial charge is 0.254 e. The van der Waals surface area contributed by atoms with Crippen LogP contribution in [0.5, 0.6) is 0 Å². The van der Waals surface area contributed by atoms with E-state index in [0.717, 1.165) is 19.4 Å². The first kappa shape index (κ1) is 13.9. The summed E-state index contributed by atoms with van der Waals surface area (Å²) in [4.78, 5) is 15.8. The van der Waals surface area contributed by atoms with E-state index in [1.54, 1.807) is 29.5 Å².